The highest BCUT2D eigenvalue weighted by Crippen LogP contribution is 2.76. The molecule has 0 aromatic rings. The molecule has 28 atom stereocenters. The number of aliphatic hydroxyl groups is 12. The summed E-state index contributed by atoms with van der Waals surface area (Å²) in [7, 11) is 0. The largest absolute Gasteiger partial charge is 0.481 e. The number of carboxylic acids is 1. The lowest BCUT2D eigenvalue weighted by molar-refractivity contribution is -0.390. The zero-order chi connectivity index (χ0) is 54.7. The molecular formula is C53H86O22. The molecule has 1 unspecified atom stereocenters. The normalized spacial score (nSPS) is 54.9. The minimum atomic E-state index is -2.01. The van der Waals surface area contributed by atoms with Crippen LogP contribution in [0.2, 0.25) is 0 Å². The van der Waals surface area contributed by atoms with Crippen LogP contribution in [0.3, 0.4) is 0 Å². The van der Waals surface area contributed by atoms with Gasteiger partial charge in [-0.3, -0.25) is 4.79 Å². The molecular weight excluding hydrogens is 989 g/mol. The van der Waals surface area contributed by atoms with E-state index in [-0.39, 0.29) is 52.6 Å². The molecule has 9 aliphatic rings. The third-order valence-electron chi connectivity index (χ3n) is 21.2. The molecule has 22 nitrogen and oxygen atoms in total. The Morgan fingerprint density at radius 1 is 0.613 bits per heavy atom. The fourth-order valence-electron chi connectivity index (χ4n) is 16.3. The summed E-state index contributed by atoms with van der Waals surface area (Å²) in [6.45, 7) is 12.9. The van der Waals surface area contributed by atoms with Crippen LogP contribution < -0.4 is 0 Å². The third kappa shape index (κ3) is 9.40. The Kier molecular flexibility index (Phi) is 16.3. The molecule has 22 heteroatoms. The first-order valence-electron chi connectivity index (χ1n) is 27.3. The SMILES string of the molecule is C[C@@H]1O[C@@H](O[C@H]2[C@H](O[C@H]3CC[C@]4(C)C5CC=C6[C@@H]7CC(C)(C)CC[C@]7(C(=O)O)CC[C@@]6(C)[C@]5(C)CC[C@H]4[C@]3(C)CO)OC[C@H](O)[C@@H]2O)[C@H](O)[C@H](O[C@@H]2O[C@H](CO)[C@@H](O[C@H]3O[C@H](CO)[C@@H](O)[C@H](O)[C@H]3O)[C@H](O)[C@H]2O)[C@H]1O. The lowest BCUT2D eigenvalue weighted by Gasteiger charge is -2.71. The summed E-state index contributed by atoms with van der Waals surface area (Å²) in [5.74, 6) is -0.514. The number of rotatable bonds is 12. The number of allylic oxidation sites excluding steroid dienone is 2. The van der Waals surface area contributed by atoms with Crippen molar-refractivity contribution in [1.82, 2.24) is 0 Å². The van der Waals surface area contributed by atoms with E-state index in [0.29, 0.717) is 19.3 Å². The van der Waals surface area contributed by atoms with Gasteiger partial charge in [-0.05, 0) is 111 Å². The molecule has 75 heavy (non-hydrogen) atoms. The van der Waals surface area contributed by atoms with Crippen LogP contribution in [0.4, 0.5) is 0 Å². The number of aliphatic carboxylic acids is 1. The monoisotopic (exact) mass is 1070 g/mol. The van der Waals surface area contributed by atoms with Gasteiger partial charge in [-0.15, -0.1) is 0 Å². The van der Waals surface area contributed by atoms with Crippen LogP contribution in [0.15, 0.2) is 11.6 Å². The van der Waals surface area contributed by atoms with E-state index >= 15 is 0 Å². The number of aliphatic hydroxyl groups excluding tert-OH is 12. The smallest absolute Gasteiger partial charge is 0.310 e. The van der Waals surface area contributed by atoms with E-state index in [1.165, 1.54) is 12.5 Å². The van der Waals surface area contributed by atoms with Crippen molar-refractivity contribution in [1.29, 1.82) is 0 Å². The van der Waals surface area contributed by atoms with Gasteiger partial charge in [0.25, 0.3) is 0 Å². The molecule has 0 spiro atoms. The molecule has 0 amide bonds. The van der Waals surface area contributed by atoms with Gasteiger partial charge in [0.05, 0.1) is 44.1 Å². The predicted octanol–water partition coefficient (Wildman–Crippen LogP) is -0.830. The number of fused-ring (bicyclic) bond motifs is 7. The second kappa shape index (κ2) is 21.1. The van der Waals surface area contributed by atoms with Gasteiger partial charge in [-0.1, -0.05) is 53.2 Å². The molecule has 4 saturated heterocycles. The average molecular weight is 1080 g/mol. The lowest BCUT2D eigenvalue weighted by Crippen LogP contribution is -2.67. The maximum Gasteiger partial charge on any atom is 0.310 e. The Hall–Kier alpha value is -1.59. The molecule has 4 saturated carbocycles. The molecule has 5 aliphatic carbocycles. The van der Waals surface area contributed by atoms with Gasteiger partial charge < -0.3 is 104 Å². The summed E-state index contributed by atoms with van der Waals surface area (Å²) in [5, 5.41) is 141. The van der Waals surface area contributed by atoms with Gasteiger partial charge >= 0.3 is 5.97 Å². The summed E-state index contributed by atoms with van der Waals surface area (Å²) < 4.78 is 47.8. The fourth-order valence-corrected chi connectivity index (χ4v) is 16.3. The Bertz CT molecular complexity index is 2060. The van der Waals surface area contributed by atoms with Crippen molar-refractivity contribution in [3.63, 3.8) is 0 Å². The van der Waals surface area contributed by atoms with E-state index in [2.05, 4.69) is 40.7 Å². The summed E-state index contributed by atoms with van der Waals surface area (Å²) in [4.78, 5) is 13.2. The topological polar surface area (TPSA) is 354 Å². The quantitative estimate of drug-likeness (QED) is 0.0838. The highest BCUT2D eigenvalue weighted by atomic mass is 16.8. The van der Waals surface area contributed by atoms with Gasteiger partial charge in [0.1, 0.15) is 85.5 Å². The maximum atomic E-state index is 13.2. The number of hydrogen-bond donors (Lipinski definition) is 13. The minimum absolute atomic E-state index is 0.0289. The molecule has 0 radical (unpaired) electrons. The summed E-state index contributed by atoms with van der Waals surface area (Å²) in [5.41, 5.74) is -0.839. The Labute approximate surface area is 437 Å². The zero-order valence-corrected chi connectivity index (χ0v) is 44.2. The van der Waals surface area contributed by atoms with Crippen molar-refractivity contribution in [3.05, 3.63) is 11.6 Å². The Morgan fingerprint density at radius 2 is 1.23 bits per heavy atom. The van der Waals surface area contributed by atoms with E-state index in [1.54, 1.807) is 0 Å². The fraction of sp³-hybridized carbons (Fsp3) is 0.943. The van der Waals surface area contributed by atoms with Crippen molar-refractivity contribution in [2.45, 2.75) is 235 Å². The van der Waals surface area contributed by atoms with Crippen LogP contribution in [-0.2, 0) is 42.7 Å². The van der Waals surface area contributed by atoms with E-state index in [0.717, 1.165) is 44.9 Å². The number of hydrogen-bond acceptors (Lipinski definition) is 21. The number of carboxylic acid groups (broad SMARTS) is 1. The van der Waals surface area contributed by atoms with Crippen molar-refractivity contribution in [2.75, 3.05) is 26.4 Å². The zero-order valence-electron chi connectivity index (χ0n) is 44.2. The van der Waals surface area contributed by atoms with Gasteiger partial charge in [-0.25, -0.2) is 0 Å². The maximum absolute atomic E-state index is 13.2. The second-order valence-electron chi connectivity index (χ2n) is 25.7. The van der Waals surface area contributed by atoms with E-state index < -0.39 is 153 Å². The summed E-state index contributed by atoms with van der Waals surface area (Å²) in [6, 6.07) is 0. The van der Waals surface area contributed by atoms with Gasteiger partial charge in [0.2, 0.25) is 0 Å². The first-order valence-corrected chi connectivity index (χ1v) is 27.3. The lowest BCUT2D eigenvalue weighted by atomic mass is 9.33. The first-order chi connectivity index (χ1) is 35.2. The van der Waals surface area contributed by atoms with E-state index in [9.17, 15) is 71.2 Å². The Morgan fingerprint density at radius 3 is 1.88 bits per heavy atom. The third-order valence-corrected chi connectivity index (χ3v) is 21.2. The van der Waals surface area contributed by atoms with Crippen LogP contribution in [0.5, 0.6) is 0 Å². The van der Waals surface area contributed by atoms with E-state index in [4.69, 9.17) is 37.9 Å². The summed E-state index contributed by atoms with van der Waals surface area (Å²) in [6.07, 6.45) is -22.4. The minimum Gasteiger partial charge on any atom is -0.481 e. The van der Waals surface area contributed by atoms with Crippen LogP contribution in [0, 0.1) is 50.2 Å². The first kappa shape index (κ1) is 58.1. The van der Waals surface area contributed by atoms with Crippen LogP contribution in [0.25, 0.3) is 0 Å². The molecule has 8 fully saturated rings. The van der Waals surface area contributed by atoms with Gasteiger partial charge in [-0.2, -0.15) is 0 Å². The van der Waals surface area contributed by atoms with Crippen molar-refractivity contribution < 1.29 is 109 Å². The molecule has 13 N–H and O–H groups in total. The molecule has 4 aliphatic heterocycles. The molecule has 0 aromatic heterocycles. The van der Waals surface area contributed by atoms with Crippen molar-refractivity contribution in [3.8, 4) is 0 Å². The van der Waals surface area contributed by atoms with Crippen molar-refractivity contribution >= 4 is 5.97 Å². The molecule has 0 bridgehead atoms. The van der Waals surface area contributed by atoms with Gasteiger partial charge in [0.15, 0.2) is 25.2 Å². The highest BCUT2D eigenvalue weighted by Gasteiger charge is 2.70. The predicted molar refractivity (Wildman–Crippen MR) is 257 cm³/mol. The molecule has 9 rings (SSSR count). The van der Waals surface area contributed by atoms with Crippen LogP contribution in [-0.4, -0.2) is 222 Å². The standard InChI is InChI=1S/C53H86O22/c1-23-32(58)41(74-44-38(64)36(62)40(28(20-55)71-44)73-43-37(63)35(61)34(60)27(19-54)70-43)39(65)45(69-23)75-42-33(59)26(57)21-68-46(42)72-31-11-12-49(4)29(50(31,5)22-56)10-13-52(7)30(49)9-8-24-25-18-48(2,3)14-16-53(25,47(66)67)17-15-51(24,52)6/h8,23,25-46,54-65H,9-22H2,1-7H3,(H,66,67)/t23-,25-,26-,27+,28+,29+,30?,31-,32-,33-,34+,35-,36+,37+,38+,39+,40+,41+,42+,43+,44-,45-,46-,49-,50-,51+,52+,53-/m0/s1. The van der Waals surface area contributed by atoms with Crippen LogP contribution in [0.1, 0.15) is 113 Å². The summed E-state index contributed by atoms with van der Waals surface area (Å²) >= 11 is 0. The number of ether oxygens (including phenoxy) is 8. The van der Waals surface area contributed by atoms with Gasteiger partial charge in [0, 0.05) is 5.41 Å². The molecule has 430 valence electrons. The second-order valence-corrected chi connectivity index (χ2v) is 25.7. The Balaban J connectivity index is 0.899. The van der Waals surface area contributed by atoms with E-state index in [1.807, 2.05) is 6.92 Å². The average Bonchev–Trinajstić information content (AvgIpc) is 3.44. The van der Waals surface area contributed by atoms with Crippen molar-refractivity contribution in [2.24, 2.45) is 50.2 Å². The number of carbonyl (C=O) groups is 1. The highest BCUT2D eigenvalue weighted by molar-refractivity contribution is 5.76. The van der Waals surface area contributed by atoms with Crippen LogP contribution >= 0.6 is 0 Å². The molecule has 0 aromatic carbocycles. The molecule has 4 heterocycles.